The van der Waals surface area contributed by atoms with E-state index in [4.69, 9.17) is 4.42 Å². The average molecular weight is 312 g/mol. The van der Waals surface area contributed by atoms with E-state index in [2.05, 4.69) is 19.2 Å². The maximum Gasteiger partial charge on any atom is 0.255 e. The number of hydrogen-bond donors (Lipinski definition) is 1. The zero-order chi connectivity index (χ0) is 16.0. The van der Waals surface area contributed by atoms with E-state index >= 15 is 0 Å². The Balaban J connectivity index is 2.77. The topological polar surface area (TPSA) is 82.4 Å². The van der Waals surface area contributed by atoms with Gasteiger partial charge in [-0.3, -0.25) is 4.79 Å². The minimum atomic E-state index is -1.26. The first-order chi connectivity index (χ1) is 9.85. The molecular weight excluding hydrogens is 290 g/mol. The van der Waals surface area contributed by atoms with Crippen LogP contribution in [0, 0.1) is 12.8 Å². The van der Waals surface area contributed by atoms with E-state index in [9.17, 15) is 14.7 Å². The van der Waals surface area contributed by atoms with E-state index in [1.165, 1.54) is 11.8 Å². The van der Waals surface area contributed by atoms with Crippen LogP contribution >= 0.6 is 11.8 Å². The number of amides is 1. The highest BCUT2D eigenvalue weighted by Crippen LogP contribution is 2.18. The molecule has 5 nitrogen and oxygen atoms in total. The second-order valence-electron chi connectivity index (χ2n) is 5.41. The Labute approximate surface area is 129 Å². The highest BCUT2D eigenvalue weighted by Gasteiger charge is 2.19. The van der Waals surface area contributed by atoms with Gasteiger partial charge in [0.05, 0.1) is 17.6 Å². The number of hydrogen-bond acceptors (Lipinski definition) is 5. The second kappa shape index (κ2) is 8.12. The first kappa shape index (κ1) is 17.6. The monoisotopic (exact) mass is 312 g/mol. The van der Waals surface area contributed by atoms with Crippen LogP contribution in [0.2, 0.25) is 0 Å². The van der Waals surface area contributed by atoms with Gasteiger partial charge in [0.1, 0.15) is 11.5 Å². The van der Waals surface area contributed by atoms with Gasteiger partial charge in [0, 0.05) is 6.42 Å². The number of rotatable bonds is 8. The van der Waals surface area contributed by atoms with Crippen LogP contribution in [0.3, 0.4) is 0 Å². The van der Waals surface area contributed by atoms with Gasteiger partial charge in [-0.25, -0.2) is 0 Å². The number of carbonyl (C=O) groups excluding carboxylic acids is 2. The third kappa shape index (κ3) is 5.46. The highest BCUT2D eigenvalue weighted by atomic mass is 32.2. The van der Waals surface area contributed by atoms with Crippen molar-refractivity contribution in [2.45, 2.75) is 39.7 Å². The van der Waals surface area contributed by atoms with Crippen molar-refractivity contribution < 1.29 is 19.1 Å². The summed E-state index contributed by atoms with van der Waals surface area (Å²) in [4.78, 5) is 23.2. The third-order valence-electron chi connectivity index (χ3n) is 3.02. The average Bonchev–Trinajstić information content (AvgIpc) is 2.73. The summed E-state index contributed by atoms with van der Waals surface area (Å²) in [7, 11) is 0. The molecule has 6 heteroatoms. The van der Waals surface area contributed by atoms with E-state index in [-0.39, 0.29) is 0 Å². The molecule has 0 fully saturated rings. The zero-order valence-electron chi connectivity index (χ0n) is 12.9. The Morgan fingerprint density at radius 3 is 2.62 bits per heavy atom. The molecule has 0 aromatic carbocycles. The Kier molecular flexibility index (Phi) is 6.81. The summed E-state index contributed by atoms with van der Waals surface area (Å²) in [5, 5.41) is 13.5. The second-order valence-corrected chi connectivity index (χ2v) is 6.39. The Bertz CT molecular complexity index is 496. The van der Waals surface area contributed by atoms with Crippen LogP contribution in [0.1, 0.15) is 42.1 Å². The van der Waals surface area contributed by atoms with E-state index < -0.39 is 17.9 Å². The van der Waals surface area contributed by atoms with Gasteiger partial charge < -0.3 is 19.6 Å². The Morgan fingerprint density at radius 1 is 1.43 bits per heavy atom. The number of nitrogens with one attached hydrogen (secondary N) is 1. The lowest BCUT2D eigenvalue weighted by Gasteiger charge is -2.18. The zero-order valence-corrected chi connectivity index (χ0v) is 13.7. The van der Waals surface area contributed by atoms with Gasteiger partial charge in [0.2, 0.25) is 0 Å². The summed E-state index contributed by atoms with van der Waals surface area (Å²) < 4.78 is 5.54. The number of aliphatic carboxylic acids is 1. The molecule has 1 amide bonds. The molecule has 1 unspecified atom stereocenters. The molecule has 0 saturated carbocycles. The lowest BCUT2D eigenvalue weighted by atomic mass is 10.1. The molecule has 0 aliphatic heterocycles. The smallest absolute Gasteiger partial charge is 0.255 e. The summed E-state index contributed by atoms with van der Waals surface area (Å²) in [6.45, 7) is 5.83. The molecule has 0 aliphatic carbocycles. The van der Waals surface area contributed by atoms with E-state index in [0.717, 1.165) is 12.2 Å². The van der Waals surface area contributed by atoms with E-state index in [1.807, 2.05) is 6.26 Å². The molecule has 118 valence electrons. The Hall–Kier alpha value is -1.43. The van der Waals surface area contributed by atoms with Crippen LogP contribution in [-0.2, 0) is 11.2 Å². The van der Waals surface area contributed by atoms with E-state index in [1.54, 1.807) is 13.0 Å². The van der Waals surface area contributed by atoms with Gasteiger partial charge in [0.25, 0.3) is 5.91 Å². The molecule has 1 aromatic rings. The lowest BCUT2D eigenvalue weighted by molar-refractivity contribution is -0.308. The van der Waals surface area contributed by atoms with Gasteiger partial charge in [0.15, 0.2) is 0 Å². The van der Waals surface area contributed by atoms with Gasteiger partial charge in [-0.2, -0.15) is 11.8 Å². The molecule has 0 radical (unpaired) electrons. The van der Waals surface area contributed by atoms with Crippen molar-refractivity contribution in [3.8, 4) is 0 Å². The predicted molar refractivity (Wildman–Crippen MR) is 81.2 cm³/mol. The van der Waals surface area contributed by atoms with Gasteiger partial charge in [-0.1, -0.05) is 13.8 Å². The number of thioether (sulfide) groups is 1. The quantitative estimate of drug-likeness (QED) is 0.784. The molecule has 0 bridgehead atoms. The fourth-order valence-electron chi connectivity index (χ4n) is 1.99. The maximum absolute atomic E-state index is 12.2. The minimum absolute atomic E-state index is 0.338. The number of furan rings is 1. The predicted octanol–water partition coefficient (Wildman–Crippen LogP) is 1.39. The summed E-state index contributed by atoms with van der Waals surface area (Å²) in [5.74, 6) is 0.612. The minimum Gasteiger partial charge on any atom is -0.548 e. The Morgan fingerprint density at radius 2 is 2.10 bits per heavy atom. The fraction of sp³-hybridized carbons (Fsp3) is 0.600. The molecule has 21 heavy (non-hydrogen) atoms. The van der Waals surface area contributed by atoms with Crippen molar-refractivity contribution in [1.82, 2.24) is 5.32 Å². The van der Waals surface area contributed by atoms with Crippen LogP contribution in [0.5, 0.6) is 0 Å². The van der Waals surface area contributed by atoms with Crippen molar-refractivity contribution in [2.75, 3.05) is 12.0 Å². The molecule has 1 rings (SSSR count). The largest absolute Gasteiger partial charge is 0.548 e. The van der Waals surface area contributed by atoms with Crippen molar-refractivity contribution in [3.05, 3.63) is 23.2 Å². The van der Waals surface area contributed by atoms with Gasteiger partial charge in [-0.15, -0.1) is 0 Å². The standard InChI is InChI=1S/C15H23NO4S/c1-9(2)7-11-8-12(10(3)20-11)14(17)16-13(15(18)19)5-6-21-4/h8-9,13H,5-7H2,1-4H3,(H,16,17)(H,18,19)/p-1. The number of carboxylic acids is 1. The molecule has 0 aliphatic rings. The van der Waals surface area contributed by atoms with Crippen molar-refractivity contribution in [1.29, 1.82) is 0 Å². The summed E-state index contributed by atoms with van der Waals surface area (Å²) in [5.41, 5.74) is 0.390. The number of carboxylic acid groups (broad SMARTS) is 1. The van der Waals surface area contributed by atoms with Crippen LogP contribution in [-0.4, -0.2) is 29.9 Å². The molecule has 1 atom stereocenters. The molecular formula is C15H22NO4S-. The van der Waals surface area contributed by atoms with Crippen molar-refractivity contribution in [3.63, 3.8) is 0 Å². The fourth-order valence-corrected chi connectivity index (χ4v) is 2.46. The van der Waals surface area contributed by atoms with Crippen LogP contribution < -0.4 is 10.4 Å². The lowest BCUT2D eigenvalue weighted by Crippen LogP contribution is -2.48. The van der Waals surface area contributed by atoms with Crippen LogP contribution in [0.15, 0.2) is 10.5 Å². The highest BCUT2D eigenvalue weighted by molar-refractivity contribution is 7.98. The van der Waals surface area contributed by atoms with E-state index in [0.29, 0.717) is 29.4 Å². The number of aryl methyl sites for hydroxylation is 1. The molecule has 0 saturated heterocycles. The first-order valence-electron chi connectivity index (χ1n) is 6.95. The number of carbonyl (C=O) groups is 2. The molecule has 1 N–H and O–H groups in total. The van der Waals surface area contributed by atoms with Crippen LogP contribution in [0.4, 0.5) is 0 Å². The summed E-state index contributed by atoms with van der Waals surface area (Å²) >= 11 is 1.52. The van der Waals surface area contributed by atoms with Crippen molar-refractivity contribution in [2.24, 2.45) is 5.92 Å². The van der Waals surface area contributed by atoms with Crippen LogP contribution in [0.25, 0.3) is 0 Å². The molecule has 0 spiro atoms. The molecule has 1 heterocycles. The van der Waals surface area contributed by atoms with Crippen molar-refractivity contribution >= 4 is 23.6 Å². The maximum atomic E-state index is 12.2. The third-order valence-corrected chi connectivity index (χ3v) is 3.67. The first-order valence-corrected chi connectivity index (χ1v) is 8.34. The van der Waals surface area contributed by atoms with Gasteiger partial charge in [-0.05, 0) is 37.3 Å². The molecule has 1 aromatic heterocycles. The summed E-state index contributed by atoms with van der Waals surface area (Å²) in [6.07, 6.45) is 2.96. The SMILES string of the molecule is CSCCC(NC(=O)c1cc(CC(C)C)oc1C)C(=O)[O-]. The normalized spacial score (nSPS) is 12.4. The van der Waals surface area contributed by atoms with Gasteiger partial charge >= 0.3 is 0 Å². The summed E-state index contributed by atoms with van der Waals surface area (Å²) in [6, 6.07) is 0.707.